The fourth-order valence-corrected chi connectivity index (χ4v) is 3.28. The van der Waals surface area contributed by atoms with Crippen LogP contribution >= 0.6 is 23.4 Å². The number of ether oxygens (including phenoxy) is 1. The Kier molecular flexibility index (Phi) is 6.30. The van der Waals surface area contributed by atoms with Gasteiger partial charge in [0.05, 0.1) is 25.5 Å². The van der Waals surface area contributed by atoms with Gasteiger partial charge in [0.1, 0.15) is 5.82 Å². The molecule has 0 spiro atoms. The number of hydrogen-bond donors (Lipinski definition) is 1. The molecule has 0 saturated carbocycles. The van der Waals surface area contributed by atoms with E-state index in [0.29, 0.717) is 5.02 Å². The molecule has 9 heteroatoms. The second-order valence-electron chi connectivity index (χ2n) is 5.69. The lowest BCUT2D eigenvalue weighted by molar-refractivity contribution is -0.113. The Labute approximate surface area is 155 Å². The summed E-state index contributed by atoms with van der Waals surface area (Å²) in [5, 5.41) is 12.6. The monoisotopic (exact) mass is 381 g/mol. The fourth-order valence-electron chi connectivity index (χ4n) is 2.43. The molecule has 0 bridgehead atoms. The maximum Gasteiger partial charge on any atom is 0.234 e. The van der Waals surface area contributed by atoms with Crippen LogP contribution in [0.2, 0.25) is 5.02 Å². The summed E-state index contributed by atoms with van der Waals surface area (Å²) < 4.78 is 7.29. The number of nitrogens with zero attached hydrogens (tertiary/aromatic N) is 4. The van der Waals surface area contributed by atoms with Crippen molar-refractivity contribution >= 4 is 35.0 Å². The van der Waals surface area contributed by atoms with Crippen LogP contribution in [0.3, 0.4) is 0 Å². The van der Waals surface area contributed by atoms with Gasteiger partial charge in [0.15, 0.2) is 5.16 Å². The smallest absolute Gasteiger partial charge is 0.234 e. The SMILES string of the molecule is Cn1c(CN2CCOCC2)nnc1SCC(=O)Nc1ccc(Cl)cc1. The van der Waals surface area contributed by atoms with E-state index in [9.17, 15) is 4.79 Å². The molecule has 0 atom stereocenters. The predicted molar refractivity (Wildman–Crippen MR) is 97.9 cm³/mol. The van der Waals surface area contributed by atoms with Crippen molar-refractivity contribution in [3.05, 3.63) is 35.1 Å². The van der Waals surface area contributed by atoms with Gasteiger partial charge in [-0.05, 0) is 24.3 Å². The highest BCUT2D eigenvalue weighted by Crippen LogP contribution is 2.18. The van der Waals surface area contributed by atoms with E-state index >= 15 is 0 Å². The molecule has 0 radical (unpaired) electrons. The van der Waals surface area contributed by atoms with Gasteiger partial charge in [-0.25, -0.2) is 0 Å². The molecule has 3 rings (SSSR count). The highest BCUT2D eigenvalue weighted by molar-refractivity contribution is 7.99. The van der Waals surface area contributed by atoms with Crippen molar-refractivity contribution in [3.63, 3.8) is 0 Å². The van der Waals surface area contributed by atoms with Gasteiger partial charge in [-0.1, -0.05) is 23.4 Å². The van der Waals surface area contributed by atoms with Crippen molar-refractivity contribution in [2.75, 3.05) is 37.4 Å². The van der Waals surface area contributed by atoms with E-state index in [4.69, 9.17) is 16.3 Å². The average molecular weight is 382 g/mol. The molecule has 25 heavy (non-hydrogen) atoms. The van der Waals surface area contributed by atoms with Gasteiger partial charge in [-0.3, -0.25) is 9.69 Å². The summed E-state index contributed by atoms with van der Waals surface area (Å²) in [5.41, 5.74) is 0.723. The first-order valence-electron chi connectivity index (χ1n) is 7.98. The molecule has 1 aromatic carbocycles. The first-order valence-corrected chi connectivity index (χ1v) is 9.35. The lowest BCUT2D eigenvalue weighted by Gasteiger charge is -2.25. The van der Waals surface area contributed by atoms with Crippen LogP contribution in [0.5, 0.6) is 0 Å². The zero-order chi connectivity index (χ0) is 17.6. The largest absolute Gasteiger partial charge is 0.379 e. The van der Waals surface area contributed by atoms with Crippen LogP contribution in [0.15, 0.2) is 29.4 Å². The van der Waals surface area contributed by atoms with Gasteiger partial charge in [-0.2, -0.15) is 0 Å². The molecule has 1 N–H and O–H groups in total. The number of amides is 1. The molecule has 1 aliphatic rings. The molecule has 134 valence electrons. The molecule has 2 heterocycles. The Morgan fingerprint density at radius 2 is 2.00 bits per heavy atom. The van der Waals surface area contributed by atoms with Crippen molar-refractivity contribution < 1.29 is 9.53 Å². The number of carbonyl (C=O) groups is 1. The molecule has 1 fully saturated rings. The number of anilines is 1. The first kappa shape index (κ1) is 18.2. The summed E-state index contributed by atoms with van der Waals surface area (Å²) in [7, 11) is 1.93. The summed E-state index contributed by atoms with van der Waals surface area (Å²) in [6.45, 7) is 4.05. The number of thioether (sulfide) groups is 1. The van der Waals surface area contributed by atoms with Crippen molar-refractivity contribution in [1.82, 2.24) is 19.7 Å². The highest BCUT2D eigenvalue weighted by Gasteiger charge is 2.16. The molecule has 1 saturated heterocycles. The third kappa shape index (κ3) is 5.18. The standard InChI is InChI=1S/C16H20ClN5O2S/c1-21-14(10-22-6-8-24-9-7-22)19-20-16(21)25-11-15(23)18-13-4-2-12(17)3-5-13/h2-5H,6-11H2,1H3,(H,18,23). The molecule has 7 nitrogen and oxygen atoms in total. The fraction of sp³-hybridized carbons (Fsp3) is 0.438. The van der Waals surface area contributed by atoms with Gasteiger partial charge >= 0.3 is 0 Å². The molecular formula is C16H20ClN5O2S. The zero-order valence-corrected chi connectivity index (χ0v) is 15.5. The predicted octanol–water partition coefficient (Wildman–Crippen LogP) is 2.03. The molecule has 1 aromatic heterocycles. The molecule has 2 aromatic rings. The minimum absolute atomic E-state index is 0.0925. The van der Waals surface area contributed by atoms with Crippen LogP contribution in [0.4, 0.5) is 5.69 Å². The quantitative estimate of drug-likeness (QED) is 0.772. The summed E-state index contributed by atoms with van der Waals surface area (Å²) in [4.78, 5) is 14.3. The van der Waals surface area contributed by atoms with E-state index in [2.05, 4.69) is 20.4 Å². The van der Waals surface area contributed by atoms with Gasteiger partial charge in [-0.15, -0.1) is 10.2 Å². The van der Waals surface area contributed by atoms with Gasteiger partial charge < -0.3 is 14.6 Å². The van der Waals surface area contributed by atoms with Crippen molar-refractivity contribution in [3.8, 4) is 0 Å². The molecule has 1 amide bonds. The summed E-state index contributed by atoms with van der Waals surface area (Å²) >= 11 is 7.20. The Morgan fingerprint density at radius 1 is 1.28 bits per heavy atom. The van der Waals surface area contributed by atoms with E-state index in [1.165, 1.54) is 11.8 Å². The molecule has 0 unspecified atom stereocenters. The van der Waals surface area contributed by atoms with Crippen LogP contribution in [0, 0.1) is 0 Å². The van der Waals surface area contributed by atoms with Crippen LogP contribution in [0.1, 0.15) is 5.82 Å². The van der Waals surface area contributed by atoms with Crippen LogP contribution in [-0.2, 0) is 23.1 Å². The average Bonchev–Trinajstić information content (AvgIpc) is 2.96. The highest BCUT2D eigenvalue weighted by atomic mass is 35.5. The topological polar surface area (TPSA) is 72.3 Å². The number of morpholine rings is 1. The Hall–Kier alpha value is -1.61. The summed E-state index contributed by atoms with van der Waals surface area (Å²) in [6, 6.07) is 7.02. The van der Waals surface area contributed by atoms with Gasteiger partial charge in [0.2, 0.25) is 5.91 Å². The summed E-state index contributed by atoms with van der Waals surface area (Å²) in [5.74, 6) is 1.07. The number of halogens is 1. The summed E-state index contributed by atoms with van der Waals surface area (Å²) in [6.07, 6.45) is 0. The van der Waals surface area contributed by atoms with Crippen molar-refractivity contribution in [1.29, 1.82) is 0 Å². The van der Waals surface area contributed by atoms with E-state index in [0.717, 1.165) is 49.5 Å². The van der Waals surface area contributed by atoms with E-state index in [1.807, 2.05) is 11.6 Å². The maximum absolute atomic E-state index is 12.1. The molecule has 1 aliphatic heterocycles. The van der Waals surface area contributed by atoms with E-state index < -0.39 is 0 Å². The van der Waals surface area contributed by atoms with Crippen LogP contribution in [-0.4, -0.2) is 57.6 Å². The maximum atomic E-state index is 12.1. The number of hydrogen-bond acceptors (Lipinski definition) is 6. The third-order valence-corrected chi connectivity index (χ3v) is 5.13. The second kappa shape index (κ2) is 8.66. The molecular weight excluding hydrogens is 362 g/mol. The lowest BCUT2D eigenvalue weighted by atomic mass is 10.3. The Bertz CT molecular complexity index is 716. The second-order valence-corrected chi connectivity index (χ2v) is 7.07. The number of carbonyl (C=O) groups excluding carboxylic acids is 1. The number of aromatic nitrogens is 3. The third-order valence-electron chi connectivity index (χ3n) is 3.85. The first-order chi connectivity index (χ1) is 12.1. The van der Waals surface area contributed by atoms with Crippen molar-refractivity contribution in [2.45, 2.75) is 11.7 Å². The van der Waals surface area contributed by atoms with Crippen molar-refractivity contribution in [2.24, 2.45) is 7.05 Å². The van der Waals surface area contributed by atoms with Gasteiger partial charge in [0, 0.05) is 30.8 Å². The van der Waals surface area contributed by atoms with E-state index in [1.54, 1.807) is 24.3 Å². The Morgan fingerprint density at radius 3 is 2.72 bits per heavy atom. The number of rotatable bonds is 6. The lowest BCUT2D eigenvalue weighted by Crippen LogP contribution is -2.36. The number of benzene rings is 1. The normalized spacial score (nSPS) is 15.3. The minimum atomic E-state index is -0.0925. The molecule has 0 aliphatic carbocycles. The minimum Gasteiger partial charge on any atom is -0.379 e. The van der Waals surface area contributed by atoms with Gasteiger partial charge in [0.25, 0.3) is 0 Å². The van der Waals surface area contributed by atoms with E-state index in [-0.39, 0.29) is 11.7 Å². The Balaban J connectivity index is 1.50. The zero-order valence-electron chi connectivity index (χ0n) is 13.9. The van der Waals surface area contributed by atoms with Crippen LogP contribution in [0.25, 0.3) is 0 Å². The number of nitrogens with one attached hydrogen (secondary N) is 1. The van der Waals surface area contributed by atoms with Crippen LogP contribution < -0.4 is 5.32 Å².